The lowest BCUT2D eigenvalue weighted by atomic mass is 9.95. The molecule has 0 radical (unpaired) electrons. The van der Waals surface area contributed by atoms with Gasteiger partial charge in [-0.25, -0.2) is 0 Å². The summed E-state index contributed by atoms with van der Waals surface area (Å²) in [5.41, 5.74) is -0.612. The monoisotopic (exact) mass is 341 g/mol. The number of rotatable bonds is 7. The third-order valence-electron chi connectivity index (χ3n) is 3.51. The molecule has 0 aliphatic carbocycles. The van der Waals surface area contributed by atoms with Crippen molar-refractivity contribution in [2.75, 3.05) is 5.32 Å². The summed E-state index contributed by atoms with van der Waals surface area (Å²) in [5, 5.41) is 23.4. The first-order chi connectivity index (χ1) is 10.7. The average Bonchev–Trinajstić information content (AvgIpc) is 2.45. The molecule has 0 aromatic heterocycles. The molecular weight excluding hydrogens is 318 g/mol. The van der Waals surface area contributed by atoms with Gasteiger partial charge in [-0.3, -0.25) is 4.79 Å². The van der Waals surface area contributed by atoms with Crippen LogP contribution in [0.3, 0.4) is 0 Å². The fourth-order valence-electron chi connectivity index (χ4n) is 2.07. The van der Waals surface area contributed by atoms with Crippen LogP contribution >= 0.6 is 0 Å². The van der Waals surface area contributed by atoms with E-state index in [-0.39, 0.29) is 11.4 Å². The Morgan fingerprint density at radius 2 is 1.87 bits per heavy atom. The molecule has 128 valence electrons. The van der Waals surface area contributed by atoms with Crippen molar-refractivity contribution in [2.45, 2.75) is 46.5 Å². The second-order valence-electron chi connectivity index (χ2n) is 5.98. The zero-order chi connectivity index (χ0) is 17.6. The Morgan fingerprint density at radius 3 is 2.43 bits per heavy atom. The van der Waals surface area contributed by atoms with E-state index in [9.17, 15) is 23.4 Å². The summed E-state index contributed by atoms with van der Waals surface area (Å²) < 4.78 is 21.5. The van der Waals surface area contributed by atoms with Gasteiger partial charge in [0.25, 0.3) is 0 Å². The predicted molar refractivity (Wildman–Crippen MR) is 90.4 cm³/mol. The van der Waals surface area contributed by atoms with Gasteiger partial charge in [-0.15, -0.1) is 0 Å². The number of unbranched alkanes of at least 4 members (excludes halogenated alkanes) is 2. The van der Waals surface area contributed by atoms with Crippen LogP contribution in [0, 0.1) is 5.41 Å². The van der Waals surface area contributed by atoms with Gasteiger partial charge in [-0.05, 0) is 38.3 Å². The number of anilines is 1. The van der Waals surface area contributed by atoms with Crippen LogP contribution in [-0.2, 0) is 21.5 Å². The summed E-state index contributed by atoms with van der Waals surface area (Å²) in [6.45, 7) is 4.95. The standard InChI is InChI=1S/C16H23NO5S/c1-4-5-6-7-11-8-9-12(14(19)13(11)18)17-15(20)16(2,3)10-23(21)22/h8-10,18-19H,4-7H2,1-3H3,(H,17,20). The number of phenolic OH excluding ortho intramolecular Hbond substituents is 2. The molecule has 1 amide bonds. The molecule has 3 N–H and O–H groups in total. The molecule has 1 rings (SSSR count). The third-order valence-corrected chi connectivity index (χ3v) is 4.29. The zero-order valence-electron chi connectivity index (χ0n) is 13.6. The zero-order valence-corrected chi connectivity index (χ0v) is 14.4. The predicted octanol–water partition coefficient (Wildman–Crippen LogP) is 2.48. The van der Waals surface area contributed by atoms with Gasteiger partial charge in [-0.2, -0.15) is 8.42 Å². The Labute approximate surface area is 137 Å². The van der Waals surface area contributed by atoms with Crippen LogP contribution in [-0.4, -0.2) is 29.9 Å². The fraction of sp³-hybridized carbons (Fsp3) is 0.500. The van der Waals surface area contributed by atoms with Crippen LogP contribution in [0.2, 0.25) is 0 Å². The number of hydrogen-bond donors (Lipinski definition) is 3. The largest absolute Gasteiger partial charge is 0.504 e. The highest BCUT2D eigenvalue weighted by Crippen LogP contribution is 2.37. The van der Waals surface area contributed by atoms with Crippen molar-refractivity contribution in [3.63, 3.8) is 0 Å². The highest BCUT2D eigenvalue weighted by Gasteiger charge is 2.27. The molecule has 0 heterocycles. The maximum absolute atomic E-state index is 12.1. The van der Waals surface area contributed by atoms with E-state index in [1.165, 1.54) is 19.9 Å². The van der Waals surface area contributed by atoms with Crippen molar-refractivity contribution in [3.05, 3.63) is 17.7 Å². The van der Waals surface area contributed by atoms with Crippen LogP contribution in [0.5, 0.6) is 11.5 Å². The molecule has 6 nitrogen and oxygen atoms in total. The van der Waals surface area contributed by atoms with Crippen molar-refractivity contribution in [1.82, 2.24) is 0 Å². The highest BCUT2D eigenvalue weighted by atomic mass is 32.2. The minimum Gasteiger partial charge on any atom is -0.504 e. The number of phenols is 2. The molecule has 0 aliphatic rings. The van der Waals surface area contributed by atoms with E-state index in [0.717, 1.165) is 24.6 Å². The molecule has 7 heteroatoms. The summed E-state index contributed by atoms with van der Waals surface area (Å²) in [6.07, 6.45) is 3.60. The molecule has 0 unspecified atom stereocenters. The number of carbonyl (C=O) groups is 1. The quantitative estimate of drug-likeness (QED) is 0.401. The minimum atomic E-state index is -2.48. The topological polar surface area (TPSA) is 104 Å². The van der Waals surface area contributed by atoms with Crippen molar-refractivity contribution in [3.8, 4) is 11.5 Å². The van der Waals surface area contributed by atoms with E-state index in [1.54, 1.807) is 6.07 Å². The van der Waals surface area contributed by atoms with Gasteiger partial charge in [0, 0.05) is 0 Å². The SMILES string of the molecule is CCCCCc1ccc(NC(=O)C(C)(C)C=S(=O)=O)c(O)c1O. The molecule has 0 aliphatic heterocycles. The number of aryl methyl sites for hydroxylation is 1. The van der Waals surface area contributed by atoms with Crippen molar-refractivity contribution >= 4 is 27.3 Å². The van der Waals surface area contributed by atoms with Gasteiger partial charge in [0.2, 0.25) is 16.2 Å². The van der Waals surface area contributed by atoms with Gasteiger partial charge in [0.1, 0.15) is 0 Å². The summed E-state index contributed by atoms with van der Waals surface area (Å²) in [4.78, 5) is 12.1. The summed E-state index contributed by atoms with van der Waals surface area (Å²) >= 11 is 0. The Balaban J connectivity index is 2.96. The first-order valence-electron chi connectivity index (χ1n) is 7.48. The molecule has 0 saturated heterocycles. The van der Waals surface area contributed by atoms with E-state index in [4.69, 9.17) is 0 Å². The lowest BCUT2D eigenvalue weighted by Gasteiger charge is -2.19. The summed E-state index contributed by atoms with van der Waals surface area (Å²) in [7, 11) is -2.48. The summed E-state index contributed by atoms with van der Waals surface area (Å²) in [5.74, 6) is -1.27. The van der Waals surface area contributed by atoms with E-state index < -0.39 is 27.4 Å². The lowest BCUT2D eigenvalue weighted by molar-refractivity contribution is -0.120. The van der Waals surface area contributed by atoms with Crippen molar-refractivity contribution < 1.29 is 23.4 Å². The average molecular weight is 341 g/mol. The molecular formula is C16H23NO5S. The Bertz CT molecular complexity index is 699. The first kappa shape index (κ1) is 19.0. The number of nitrogens with one attached hydrogen (secondary N) is 1. The molecule has 23 heavy (non-hydrogen) atoms. The van der Waals surface area contributed by atoms with Crippen LogP contribution in [0.4, 0.5) is 5.69 Å². The number of benzene rings is 1. The van der Waals surface area contributed by atoms with Crippen LogP contribution in [0.25, 0.3) is 0 Å². The third kappa shape index (κ3) is 5.28. The van der Waals surface area contributed by atoms with E-state index in [1.807, 2.05) is 0 Å². The molecule has 0 spiro atoms. The summed E-state index contributed by atoms with van der Waals surface area (Å²) in [6, 6.07) is 3.14. The normalized spacial score (nSPS) is 11.1. The van der Waals surface area contributed by atoms with Crippen LogP contribution < -0.4 is 5.32 Å². The minimum absolute atomic E-state index is 0.0462. The lowest BCUT2D eigenvalue weighted by Crippen LogP contribution is -2.32. The molecule has 0 atom stereocenters. The fourth-order valence-corrected chi connectivity index (χ4v) is 2.66. The van der Waals surface area contributed by atoms with Gasteiger partial charge in [0.15, 0.2) is 11.5 Å². The van der Waals surface area contributed by atoms with Crippen molar-refractivity contribution in [2.24, 2.45) is 5.41 Å². The first-order valence-corrected chi connectivity index (χ1v) is 8.62. The van der Waals surface area contributed by atoms with E-state index >= 15 is 0 Å². The Morgan fingerprint density at radius 1 is 1.22 bits per heavy atom. The smallest absolute Gasteiger partial charge is 0.234 e. The Hall–Kier alpha value is -2.02. The number of amides is 1. The molecule has 0 saturated carbocycles. The van der Waals surface area contributed by atoms with Gasteiger partial charge >= 0.3 is 0 Å². The second-order valence-corrected chi connectivity index (χ2v) is 6.74. The van der Waals surface area contributed by atoms with Gasteiger partial charge in [-0.1, -0.05) is 25.8 Å². The van der Waals surface area contributed by atoms with E-state index in [2.05, 4.69) is 12.2 Å². The van der Waals surface area contributed by atoms with E-state index in [0.29, 0.717) is 12.0 Å². The maximum Gasteiger partial charge on any atom is 0.234 e. The second kappa shape index (κ2) is 8.01. The molecule has 1 aromatic rings. The maximum atomic E-state index is 12.1. The Kier molecular flexibility index (Phi) is 6.62. The van der Waals surface area contributed by atoms with Crippen LogP contribution in [0.15, 0.2) is 12.1 Å². The van der Waals surface area contributed by atoms with Gasteiger partial charge < -0.3 is 15.5 Å². The highest BCUT2D eigenvalue weighted by molar-refractivity contribution is 7.71. The van der Waals surface area contributed by atoms with Gasteiger partial charge in [0.05, 0.1) is 16.5 Å². The number of aromatic hydroxyl groups is 2. The molecule has 0 fully saturated rings. The van der Waals surface area contributed by atoms with Crippen LogP contribution in [0.1, 0.15) is 45.6 Å². The number of carbonyl (C=O) groups excluding carboxylic acids is 1. The molecule has 1 aromatic carbocycles. The van der Waals surface area contributed by atoms with Crippen molar-refractivity contribution in [1.29, 1.82) is 0 Å². The molecule has 0 bridgehead atoms. The number of hydrogen-bond acceptors (Lipinski definition) is 5.